The summed E-state index contributed by atoms with van der Waals surface area (Å²) in [4.78, 5) is 11.4. The van der Waals surface area contributed by atoms with E-state index in [0.29, 0.717) is 22.4 Å². The fourth-order valence-corrected chi connectivity index (χ4v) is 2.23. The third-order valence-electron chi connectivity index (χ3n) is 3.02. The molecule has 5 nitrogen and oxygen atoms in total. The Hall–Kier alpha value is -2.74. The van der Waals surface area contributed by atoms with Crippen molar-refractivity contribution in [2.45, 2.75) is 40.2 Å². The van der Waals surface area contributed by atoms with Gasteiger partial charge in [0.15, 0.2) is 0 Å². The van der Waals surface area contributed by atoms with E-state index in [1.54, 1.807) is 31.3 Å². The molecule has 0 bridgehead atoms. The maximum atomic E-state index is 11.4. The topological polar surface area (TPSA) is 75.2 Å². The van der Waals surface area contributed by atoms with Gasteiger partial charge in [-0.3, -0.25) is 0 Å². The van der Waals surface area contributed by atoms with E-state index in [-0.39, 0.29) is 11.8 Å². The summed E-state index contributed by atoms with van der Waals surface area (Å²) in [6.45, 7) is 8.11. The smallest absolute Gasteiger partial charge is 0.353 e. The van der Waals surface area contributed by atoms with E-state index in [2.05, 4.69) is 13.8 Å². The molecule has 0 aliphatic carbocycles. The summed E-state index contributed by atoms with van der Waals surface area (Å²) in [5.74, 6) is -0.350. The lowest BCUT2D eigenvalue weighted by molar-refractivity contribution is 0.0687. The first-order valence-corrected chi connectivity index (χ1v) is 7.95. The molecule has 5 heteroatoms. The number of carboxylic acids is 1. The van der Waals surface area contributed by atoms with Crippen molar-refractivity contribution in [1.82, 2.24) is 4.57 Å². The zero-order chi connectivity index (χ0) is 18.3. The summed E-state index contributed by atoms with van der Waals surface area (Å²) in [6.07, 6.45) is 2.84. The number of hydrogen-bond acceptors (Lipinski definition) is 3. The molecular weight excluding hydrogens is 304 g/mol. The van der Waals surface area contributed by atoms with Crippen LogP contribution in [-0.4, -0.2) is 21.7 Å². The maximum Gasteiger partial charge on any atom is 0.353 e. The van der Waals surface area contributed by atoms with Crippen molar-refractivity contribution in [2.75, 3.05) is 0 Å². The zero-order valence-corrected chi connectivity index (χ0v) is 14.8. The van der Waals surface area contributed by atoms with Crippen LogP contribution in [0, 0.1) is 11.3 Å². The van der Waals surface area contributed by atoms with Crippen LogP contribution in [0.4, 0.5) is 0 Å². The second-order valence-corrected chi connectivity index (χ2v) is 5.69. The van der Waals surface area contributed by atoms with Crippen molar-refractivity contribution in [2.24, 2.45) is 7.05 Å². The van der Waals surface area contributed by atoms with Gasteiger partial charge in [-0.05, 0) is 31.5 Å². The summed E-state index contributed by atoms with van der Waals surface area (Å²) < 4.78 is 7.01. The molecule has 0 aliphatic heterocycles. The Kier molecular flexibility index (Phi) is 7.06. The third-order valence-corrected chi connectivity index (χ3v) is 3.02. The minimum atomic E-state index is -1.06. The molecule has 0 saturated heterocycles. The number of rotatable bonds is 4. The number of benzene rings is 1. The van der Waals surface area contributed by atoms with Crippen LogP contribution in [-0.2, 0) is 7.05 Å². The van der Waals surface area contributed by atoms with Crippen molar-refractivity contribution >= 4 is 5.97 Å². The highest BCUT2D eigenvalue weighted by Gasteiger charge is 2.21. The van der Waals surface area contributed by atoms with Gasteiger partial charge in [-0.2, -0.15) is 5.26 Å². The number of ether oxygens (including phenoxy) is 1. The highest BCUT2D eigenvalue weighted by Crippen LogP contribution is 2.30. The molecule has 0 aliphatic rings. The molecule has 1 aromatic heterocycles. The van der Waals surface area contributed by atoms with Crippen molar-refractivity contribution < 1.29 is 14.6 Å². The molecule has 0 amide bonds. The number of nitriles is 1. The van der Waals surface area contributed by atoms with E-state index in [1.165, 1.54) is 17.2 Å². The van der Waals surface area contributed by atoms with Gasteiger partial charge in [0, 0.05) is 18.8 Å². The normalized spacial score (nSPS) is 9.88. The Balaban J connectivity index is 0.000000891. The summed E-state index contributed by atoms with van der Waals surface area (Å²) >= 11 is 0. The number of aromatic nitrogens is 1. The van der Waals surface area contributed by atoms with Crippen molar-refractivity contribution in [3.63, 3.8) is 0 Å². The van der Waals surface area contributed by atoms with E-state index in [4.69, 9.17) is 4.74 Å². The molecular formula is C19H24N2O3. The Labute approximate surface area is 143 Å². The molecule has 0 unspecified atom stereocenters. The standard InChI is InChI=1S/C16H16N2O3.C3H8/c1-10(2)21-13-6-4-11(5-7-13)14-12(8-17)9-18(3)15(14)16(19)20;1-3-2/h4-7,9-10H,1-3H3,(H,19,20);3H2,1-2H3. The van der Waals surface area contributed by atoms with Crippen molar-refractivity contribution in [3.8, 4) is 22.9 Å². The number of nitrogens with zero attached hydrogens (tertiary/aromatic N) is 2. The van der Waals surface area contributed by atoms with Crippen LogP contribution in [0.5, 0.6) is 5.75 Å². The zero-order valence-electron chi connectivity index (χ0n) is 14.8. The molecule has 0 atom stereocenters. The number of aryl methyl sites for hydroxylation is 1. The molecule has 2 rings (SSSR count). The summed E-state index contributed by atoms with van der Waals surface area (Å²) in [7, 11) is 1.62. The minimum absolute atomic E-state index is 0.0665. The number of hydrogen-bond donors (Lipinski definition) is 1. The molecule has 0 saturated carbocycles. The van der Waals surface area contributed by atoms with Gasteiger partial charge in [-0.25, -0.2) is 4.79 Å². The average molecular weight is 328 g/mol. The molecule has 0 radical (unpaired) electrons. The van der Waals surface area contributed by atoms with Gasteiger partial charge < -0.3 is 14.4 Å². The molecule has 1 N–H and O–H groups in total. The van der Waals surface area contributed by atoms with Crippen LogP contribution in [0.1, 0.15) is 50.2 Å². The van der Waals surface area contributed by atoms with E-state index in [9.17, 15) is 15.2 Å². The second-order valence-electron chi connectivity index (χ2n) is 5.69. The highest BCUT2D eigenvalue weighted by molar-refractivity contribution is 5.96. The van der Waals surface area contributed by atoms with E-state index in [1.807, 2.05) is 19.9 Å². The first kappa shape index (κ1) is 19.3. The molecule has 0 fully saturated rings. The summed E-state index contributed by atoms with van der Waals surface area (Å²) in [6, 6.07) is 9.12. The average Bonchev–Trinajstić information content (AvgIpc) is 2.85. The quantitative estimate of drug-likeness (QED) is 0.898. The summed E-state index contributed by atoms with van der Waals surface area (Å²) in [5, 5.41) is 18.5. The highest BCUT2D eigenvalue weighted by atomic mass is 16.5. The van der Waals surface area contributed by atoms with Gasteiger partial charge in [0.05, 0.1) is 11.7 Å². The van der Waals surface area contributed by atoms with Gasteiger partial charge in [0.1, 0.15) is 17.5 Å². The van der Waals surface area contributed by atoms with Crippen LogP contribution in [0.3, 0.4) is 0 Å². The molecule has 1 heterocycles. The van der Waals surface area contributed by atoms with E-state index < -0.39 is 5.97 Å². The Morgan fingerprint density at radius 1 is 1.29 bits per heavy atom. The first-order chi connectivity index (χ1) is 11.3. The maximum absolute atomic E-state index is 11.4. The van der Waals surface area contributed by atoms with E-state index >= 15 is 0 Å². The number of carboxylic acid groups (broad SMARTS) is 1. The van der Waals surface area contributed by atoms with E-state index in [0.717, 1.165) is 0 Å². The minimum Gasteiger partial charge on any atom is -0.491 e. The molecule has 2 aromatic rings. The van der Waals surface area contributed by atoms with Gasteiger partial charge in [-0.15, -0.1) is 0 Å². The molecule has 1 aromatic carbocycles. The lowest BCUT2D eigenvalue weighted by Crippen LogP contribution is -2.06. The van der Waals surface area contributed by atoms with Crippen molar-refractivity contribution in [3.05, 3.63) is 41.7 Å². The van der Waals surface area contributed by atoms with Gasteiger partial charge in [0.25, 0.3) is 0 Å². The molecule has 0 spiro atoms. The van der Waals surface area contributed by atoms with Gasteiger partial charge in [0.2, 0.25) is 0 Å². The Morgan fingerprint density at radius 3 is 2.25 bits per heavy atom. The lowest BCUT2D eigenvalue weighted by Gasteiger charge is -2.10. The predicted molar refractivity (Wildman–Crippen MR) is 94.3 cm³/mol. The van der Waals surface area contributed by atoms with Crippen LogP contribution < -0.4 is 4.74 Å². The van der Waals surface area contributed by atoms with Crippen molar-refractivity contribution in [1.29, 1.82) is 5.26 Å². The summed E-state index contributed by atoms with van der Waals surface area (Å²) in [5.41, 5.74) is 1.56. The Bertz CT molecular complexity index is 722. The Morgan fingerprint density at radius 2 is 1.83 bits per heavy atom. The fraction of sp³-hybridized carbons (Fsp3) is 0.368. The number of aromatic carboxylic acids is 1. The largest absolute Gasteiger partial charge is 0.491 e. The molecule has 128 valence electrons. The second kappa shape index (κ2) is 8.78. The number of carbonyl (C=O) groups is 1. The third kappa shape index (κ3) is 4.63. The van der Waals surface area contributed by atoms with Crippen LogP contribution in [0.25, 0.3) is 11.1 Å². The van der Waals surface area contributed by atoms with Crippen LogP contribution >= 0.6 is 0 Å². The first-order valence-electron chi connectivity index (χ1n) is 7.95. The fourth-order valence-electron chi connectivity index (χ4n) is 2.23. The SMILES string of the molecule is CC(C)Oc1ccc(-c2c(C#N)cn(C)c2C(=O)O)cc1.CCC. The lowest BCUT2D eigenvalue weighted by atomic mass is 10.0. The monoisotopic (exact) mass is 328 g/mol. The van der Waals surface area contributed by atoms with Crippen LogP contribution in [0.15, 0.2) is 30.5 Å². The van der Waals surface area contributed by atoms with Crippen LogP contribution in [0.2, 0.25) is 0 Å². The predicted octanol–water partition coefficient (Wildman–Crippen LogP) is 4.47. The van der Waals surface area contributed by atoms with Gasteiger partial charge >= 0.3 is 5.97 Å². The molecule has 24 heavy (non-hydrogen) atoms. The van der Waals surface area contributed by atoms with Gasteiger partial charge in [-0.1, -0.05) is 32.4 Å².